The molecule has 94 valence electrons. The van der Waals surface area contributed by atoms with Crippen LogP contribution in [0, 0.1) is 0 Å². The van der Waals surface area contributed by atoms with Crippen LogP contribution in [0.25, 0.3) is 0 Å². The summed E-state index contributed by atoms with van der Waals surface area (Å²) in [6.45, 7) is 3.56. The fraction of sp³-hybridized carbons (Fsp3) is 0.538. The highest BCUT2D eigenvalue weighted by atomic mass is 16.6. The van der Waals surface area contributed by atoms with Gasteiger partial charge in [0.1, 0.15) is 11.9 Å². The average Bonchev–Trinajstić information content (AvgIpc) is 2.26. The summed E-state index contributed by atoms with van der Waals surface area (Å²) in [5, 5.41) is 9.54. The van der Waals surface area contributed by atoms with Crippen molar-refractivity contribution < 1.29 is 19.3 Å². The van der Waals surface area contributed by atoms with Crippen LogP contribution >= 0.6 is 0 Å². The summed E-state index contributed by atoms with van der Waals surface area (Å²) in [4.78, 5) is 0. The van der Waals surface area contributed by atoms with E-state index < -0.39 is 6.10 Å². The molecule has 17 heavy (non-hydrogen) atoms. The summed E-state index contributed by atoms with van der Waals surface area (Å²) in [6.07, 6.45) is -0.290. The third kappa shape index (κ3) is 2.97. The number of aliphatic hydroxyl groups is 1. The minimum absolute atomic E-state index is 0.190. The molecule has 0 bridgehead atoms. The van der Waals surface area contributed by atoms with E-state index in [1.807, 2.05) is 18.2 Å². The molecule has 0 amide bonds. The Morgan fingerprint density at radius 3 is 2.76 bits per heavy atom. The molecule has 4 nitrogen and oxygen atoms in total. The van der Waals surface area contributed by atoms with E-state index in [2.05, 4.69) is 0 Å². The van der Waals surface area contributed by atoms with Crippen molar-refractivity contribution in [1.82, 2.24) is 0 Å². The summed E-state index contributed by atoms with van der Waals surface area (Å²) in [7, 11) is 1.63. The number of benzene rings is 1. The van der Waals surface area contributed by atoms with Gasteiger partial charge in [0.25, 0.3) is 0 Å². The molecule has 1 aliphatic heterocycles. The van der Waals surface area contributed by atoms with E-state index in [1.54, 1.807) is 14.0 Å². The van der Waals surface area contributed by atoms with E-state index in [-0.39, 0.29) is 6.10 Å². The van der Waals surface area contributed by atoms with Crippen LogP contribution in [0.1, 0.15) is 24.2 Å². The SMILES string of the molecule is COc1ccc(C(C)O)cc1COC1COC1. The zero-order chi connectivity index (χ0) is 12.3. The van der Waals surface area contributed by atoms with Gasteiger partial charge < -0.3 is 19.3 Å². The topological polar surface area (TPSA) is 47.9 Å². The van der Waals surface area contributed by atoms with Gasteiger partial charge in [0.2, 0.25) is 0 Å². The molecule has 4 heteroatoms. The summed E-state index contributed by atoms with van der Waals surface area (Å²) in [5.41, 5.74) is 1.83. The van der Waals surface area contributed by atoms with E-state index in [1.165, 1.54) is 0 Å². The van der Waals surface area contributed by atoms with E-state index in [0.29, 0.717) is 19.8 Å². The minimum atomic E-state index is -0.480. The molecule has 1 atom stereocenters. The number of aliphatic hydroxyl groups excluding tert-OH is 1. The Morgan fingerprint density at radius 2 is 2.24 bits per heavy atom. The van der Waals surface area contributed by atoms with Gasteiger partial charge in [-0.1, -0.05) is 6.07 Å². The van der Waals surface area contributed by atoms with Crippen LogP contribution in [0.15, 0.2) is 18.2 Å². The average molecular weight is 238 g/mol. The van der Waals surface area contributed by atoms with Crippen molar-refractivity contribution in [2.24, 2.45) is 0 Å². The van der Waals surface area contributed by atoms with Crippen molar-refractivity contribution in [1.29, 1.82) is 0 Å². The van der Waals surface area contributed by atoms with Crippen LogP contribution in [0.3, 0.4) is 0 Å². The Bertz CT molecular complexity index is 372. The van der Waals surface area contributed by atoms with Gasteiger partial charge in [0, 0.05) is 5.56 Å². The fourth-order valence-electron chi connectivity index (χ4n) is 1.69. The molecule has 0 saturated carbocycles. The molecular formula is C13H18O4. The molecule has 1 N–H and O–H groups in total. The van der Waals surface area contributed by atoms with E-state index >= 15 is 0 Å². The van der Waals surface area contributed by atoms with Gasteiger partial charge in [0.05, 0.1) is 33.0 Å². The second-order valence-electron chi connectivity index (χ2n) is 4.22. The highest BCUT2D eigenvalue weighted by Gasteiger charge is 2.19. The molecule has 0 spiro atoms. The van der Waals surface area contributed by atoms with Gasteiger partial charge in [0.15, 0.2) is 0 Å². The summed E-state index contributed by atoms with van der Waals surface area (Å²) in [5.74, 6) is 0.787. The van der Waals surface area contributed by atoms with Crippen molar-refractivity contribution in [3.63, 3.8) is 0 Å². The highest BCUT2D eigenvalue weighted by Crippen LogP contribution is 2.24. The first kappa shape index (κ1) is 12.4. The lowest BCUT2D eigenvalue weighted by Gasteiger charge is -2.26. The largest absolute Gasteiger partial charge is 0.496 e. The summed E-state index contributed by atoms with van der Waals surface area (Å²) >= 11 is 0. The molecule has 1 heterocycles. The van der Waals surface area contributed by atoms with Crippen molar-refractivity contribution in [3.05, 3.63) is 29.3 Å². The second kappa shape index (κ2) is 5.49. The monoisotopic (exact) mass is 238 g/mol. The first-order chi connectivity index (χ1) is 8.20. The van der Waals surface area contributed by atoms with Crippen molar-refractivity contribution in [2.75, 3.05) is 20.3 Å². The normalized spacial score (nSPS) is 17.6. The Balaban J connectivity index is 2.07. The zero-order valence-electron chi connectivity index (χ0n) is 10.2. The van der Waals surface area contributed by atoms with Crippen LogP contribution in [0.4, 0.5) is 0 Å². The molecule has 1 aliphatic rings. The van der Waals surface area contributed by atoms with Crippen LogP contribution in [0.5, 0.6) is 5.75 Å². The van der Waals surface area contributed by atoms with E-state index in [4.69, 9.17) is 14.2 Å². The predicted octanol–water partition coefficient (Wildman–Crippen LogP) is 1.66. The van der Waals surface area contributed by atoms with Gasteiger partial charge in [-0.05, 0) is 24.6 Å². The molecule has 1 fully saturated rings. The van der Waals surface area contributed by atoms with Crippen LogP contribution in [-0.2, 0) is 16.1 Å². The van der Waals surface area contributed by atoms with E-state index in [0.717, 1.165) is 16.9 Å². The van der Waals surface area contributed by atoms with Crippen molar-refractivity contribution in [2.45, 2.75) is 25.7 Å². The molecule has 0 aliphatic carbocycles. The van der Waals surface area contributed by atoms with Gasteiger partial charge in [-0.15, -0.1) is 0 Å². The Hall–Kier alpha value is -1.10. The lowest BCUT2D eigenvalue weighted by Crippen LogP contribution is -2.35. The smallest absolute Gasteiger partial charge is 0.124 e. The maximum atomic E-state index is 9.54. The molecule has 1 aromatic carbocycles. The molecule has 1 saturated heterocycles. The van der Waals surface area contributed by atoms with Crippen molar-refractivity contribution >= 4 is 0 Å². The van der Waals surface area contributed by atoms with Gasteiger partial charge in [-0.25, -0.2) is 0 Å². The molecular weight excluding hydrogens is 220 g/mol. The Labute approximate surface area is 101 Å². The van der Waals surface area contributed by atoms with Gasteiger partial charge in [-0.3, -0.25) is 0 Å². The molecule has 1 unspecified atom stereocenters. The number of ether oxygens (including phenoxy) is 3. The standard InChI is InChI=1S/C13H18O4/c1-9(14)10-3-4-13(15-2)11(5-10)6-17-12-7-16-8-12/h3-5,9,12,14H,6-8H2,1-2H3. The molecule has 1 aromatic rings. The lowest BCUT2D eigenvalue weighted by molar-refractivity contribution is -0.135. The molecule has 0 aromatic heterocycles. The second-order valence-corrected chi connectivity index (χ2v) is 4.22. The maximum absolute atomic E-state index is 9.54. The maximum Gasteiger partial charge on any atom is 0.124 e. The van der Waals surface area contributed by atoms with Gasteiger partial charge >= 0.3 is 0 Å². The minimum Gasteiger partial charge on any atom is -0.496 e. The number of methoxy groups -OCH3 is 1. The highest BCUT2D eigenvalue weighted by molar-refractivity contribution is 5.37. The first-order valence-electron chi connectivity index (χ1n) is 5.75. The Kier molecular flexibility index (Phi) is 3.99. The van der Waals surface area contributed by atoms with E-state index in [9.17, 15) is 5.11 Å². The molecule has 0 radical (unpaired) electrons. The van der Waals surface area contributed by atoms with Crippen LogP contribution < -0.4 is 4.74 Å². The molecule has 2 rings (SSSR count). The third-order valence-electron chi connectivity index (χ3n) is 2.87. The summed E-state index contributed by atoms with van der Waals surface area (Å²) in [6, 6.07) is 5.64. The lowest BCUT2D eigenvalue weighted by atomic mass is 10.1. The van der Waals surface area contributed by atoms with Crippen LogP contribution in [0.2, 0.25) is 0 Å². The number of hydrogen-bond donors (Lipinski definition) is 1. The predicted molar refractivity (Wildman–Crippen MR) is 63.0 cm³/mol. The zero-order valence-corrected chi connectivity index (χ0v) is 10.2. The number of hydrogen-bond acceptors (Lipinski definition) is 4. The Morgan fingerprint density at radius 1 is 1.47 bits per heavy atom. The van der Waals surface area contributed by atoms with Crippen molar-refractivity contribution in [3.8, 4) is 5.75 Å². The van der Waals surface area contributed by atoms with Gasteiger partial charge in [-0.2, -0.15) is 0 Å². The quantitative estimate of drug-likeness (QED) is 0.847. The third-order valence-corrected chi connectivity index (χ3v) is 2.87. The number of rotatable bonds is 5. The summed E-state index contributed by atoms with van der Waals surface area (Å²) < 4.78 is 16.0. The van der Waals surface area contributed by atoms with Crippen LogP contribution in [-0.4, -0.2) is 31.5 Å². The fourth-order valence-corrected chi connectivity index (χ4v) is 1.69. The first-order valence-corrected chi connectivity index (χ1v) is 5.75.